The molecule has 0 radical (unpaired) electrons. The molecule has 1 N–H and O–H groups in total. The van der Waals surface area contributed by atoms with Crippen LogP contribution in [0.3, 0.4) is 0 Å². The lowest BCUT2D eigenvalue weighted by Gasteiger charge is -2.13. The van der Waals surface area contributed by atoms with Gasteiger partial charge in [0, 0.05) is 6.04 Å². The Bertz CT molecular complexity index is 592. The molecule has 0 aliphatic carbocycles. The predicted molar refractivity (Wildman–Crippen MR) is 78.9 cm³/mol. The van der Waals surface area contributed by atoms with Crippen molar-refractivity contribution in [2.24, 2.45) is 0 Å². The summed E-state index contributed by atoms with van der Waals surface area (Å²) in [5.41, 5.74) is 1.23. The Kier molecular flexibility index (Phi) is 4.74. The summed E-state index contributed by atoms with van der Waals surface area (Å²) in [6, 6.07) is 13.4. The van der Waals surface area contributed by atoms with Crippen molar-refractivity contribution in [2.45, 2.75) is 30.0 Å². The molecule has 2 rings (SSSR count). The number of rotatable bonds is 6. The van der Waals surface area contributed by atoms with Crippen LogP contribution in [-0.2, 0) is 16.4 Å². The van der Waals surface area contributed by atoms with E-state index in [-0.39, 0.29) is 6.04 Å². The van der Waals surface area contributed by atoms with E-state index < -0.39 is 10.0 Å². The SMILES string of the molecule is C[C@H](CCc1ccccc1)NS(=O)(=O)c1cccs1. The summed E-state index contributed by atoms with van der Waals surface area (Å²) in [5, 5.41) is 1.77. The number of sulfonamides is 1. The van der Waals surface area contributed by atoms with Crippen molar-refractivity contribution in [3.8, 4) is 0 Å². The monoisotopic (exact) mass is 295 g/mol. The van der Waals surface area contributed by atoms with Crippen LogP contribution >= 0.6 is 11.3 Å². The minimum atomic E-state index is -3.35. The van der Waals surface area contributed by atoms with E-state index in [9.17, 15) is 8.42 Å². The maximum Gasteiger partial charge on any atom is 0.250 e. The Morgan fingerprint density at radius 1 is 1.16 bits per heavy atom. The van der Waals surface area contributed by atoms with Crippen molar-refractivity contribution in [2.75, 3.05) is 0 Å². The molecule has 0 saturated heterocycles. The molecule has 0 spiro atoms. The molecule has 1 atom stereocenters. The highest BCUT2D eigenvalue weighted by Crippen LogP contribution is 2.16. The normalized spacial score (nSPS) is 13.3. The van der Waals surface area contributed by atoms with Gasteiger partial charge in [-0.15, -0.1) is 11.3 Å². The average molecular weight is 295 g/mol. The molecule has 1 heterocycles. The van der Waals surface area contributed by atoms with Crippen LogP contribution < -0.4 is 4.72 Å². The van der Waals surface area contributed by atoms with Crippen LogP contribution in [0.5, 0.6) is 0 Å². The molecule has 3 nitrogen and oxygen atoms in total. The standard InChI is InChI=1S/C14H17NO2S2/c1-12(9-10-13-6-3-2-4-7-13)15-19(16,17)14-8-5-11-18-14/h2-8,11-12,15H,9-10H2,1H3/t12-/m1/s1. The van der Waals surface area contributed by atoms with Crippen molar-refractivity contribution < 1.29 is 8.42 Å². The third kappa shape index (κ3) is 4.16. The van der Waals surface area contributed by atoms with Crippen molar-refractivity contribution in [3.05, 3.63) is 53.4 Å². The van der Waals surface area contributed by atoms with E-state index in [0.717, 1.165) is 12.8 Å². The quantitative estimate of drug-likeness (QED) is 0.890. The molecule has 1 aromatic carbocycles. The molecule has 102 valence electrons. The lowest BCUT2D eigenvalue weighted by atomic mass is 10.1. The molecule has 0 aliphatic heterocycles. The van der Waals surface area contributed by atoms with Gasteiger partial charge in [-0.25, -0.2) is 13.1 Å². The Labute approximate surface area is 118 Å². The van der Waals surface area contributed by atoms with Crippen LogP contribution in [0, 0.1) is 0 Å². The van der Waals surface area contributed by atoms with Crippen LogP contribution in [-0.4, -0.2) is 14.5 Å². The summed E-state index contributed by atoms with van der Waals surface area (Å²) in [6.07, 6.45) is 1.66. The third-order valence-electron chi connectivity index (χ3n) is 2.83. The lowest BCUT2D eigenvalue weighted by Crippen LogP contribution is -2.32. The third-order valence-corrected chi connectivity index (χ3v) is 5.81. The highest BCUT2D eigenvalue weighted by Gasteiger charge is 2.17. The van der Waals surface area contributed by atoms with Crippen LogP contribution in [0.1, 0.15) is 18.9 Å². The number of hydrogen-bond acceptors (Lipinski definition) is 3. The molecule has 0 saturated carbocycles. The molecule has 0 amide bonds. The minimum absolute atomic E-state index is 0.0766. The van der Waals surface area contributed by atoms with Crippen molar-refractivity contribution in [1.29, 1.82) is 0 Å². The van der Waals surface area contributed by atoms with Crippen molar-refractivity contribution in [1.82, 2.24) is 4.72 Å². The van der Waals surface area contributed by atoms with Gasteiger partial charge in [0.05, 0.1) is 0 Å². The first-order valence-electron chi connectivity index (χ1n) is 6.18. The molecule has 19 heavy (non-hydrogen) atoms. The second-order valence-corrected chi connectivity index (χ2v) is 7.37. The topological polar surface area (TPSA) is 46.2 Å². The number of benzene rings is 1. The lowest BCUT2D eigenvalue weighted by molar-refractivity contribution is 0.548. The van der Waals surface area contributed by atoms with E-state index >= 15 is 0 Å². The Morgan fingerprint density at radius 2 is 1.89 bits per heavy atom. The fourth-order valence-corrected chi connectivity index (χ4v) is 4.11. The van der Waals surface area contributed by atoms with Crippen molar-refractivity contribution >= 4 is 21.4 Å². The minimum Gasteiger partial charge on any atom is -0.208 e. The zero-order valence-corrected chi connectivity index (χ0v) is 12.4. The van der Waals surface area contributed by atoms with Gasteiger partial charge in [-0.2, -0.15) is 0 Å². The van der Waals surface area contributed by atoms with Gasteiger partial charge < -0.3 is 0 Å². The van der Waals surface area contributed by atoms with Gasteiger partial charge >= 0.3 is 0 Å². The molecule has 0 aliphatic rings. The second kappa shape index (κ2) is 6.32. The van der Waals surface area contributed by atoms with Gasteiger partial charge in [-0.05, 0) is 36.8 Å². The van der Waals surface area contributed by atoms with Crippen LogP contribution in [0.4, 0.5) is 0 Å². The van der Waals surface area contributed by atoms with E-state index in [1.165, 1.54) is 16.9 Å². The molecule has 2 aromatic rings. The number of hydrogen-bond donors (Lipinski definition) is 1. The molecule has 0 bridgehead atoms. The molecule has 5 heteroatoms. The first kappa shape index (κ1) is 14.2. The van der Waals surface area contributed by atoms with E-state index in [4.69, 9.17) is 0 Å². The number of thiophene rings is 1. The highest BCUT2D eigenvalue weighted by molar-refractivity contribution is 7.91. The van der Waals surface area contributed by atoms with E-state index in [1.807, 2.05) is 25.1 Å². The Morgan fingerprint density at radius 3 is 2.53 bits per heavy atom. The van der Waals surface area contributed by atoms with Crippen LogP contribution in [0.25, 0.3) is 0 Å². The van der Waals surface area contributed by atoms with Gasteiger partial charge in [-0.3, -0.25) is 0 Å². The average Bonchev–Trinajstić information content (AvgIpc) is 2.92. The van der Waals surface area contributed by atoms with Gasteiger partial charge in [0.2, 0.25) is 10.0 Å². The van der Waals surface area contributed by atoms with Gasteiger partial charge in [0.1, 0.15) is 4.21 Å². The van der Waals surface area contributed by atoms with Gasteiger partial charge in [0.15, 0.2) is 0 Å². The first-order chi connectivity index (χ1) is 9.08. The number of nitrogens with one attached hydrogen (secondary N) is 1. The van der Waals surface area contributed by atoms with E-state index in [2.05, 4.69) is 16.9 Å². The van der Waals surface area contributed by atoms with Crippen LogP contribution in [0.2, 0.25) is 0 Å². The summed E-state index contributed by atoms with van der Waals surface area (Å²) < 4.78 is 27.1. The largest absolute Gasteiger partial charge is 0.250 e. The fourth-order valence-electron chi connectivity index (χ4n) is 1.83. The summed E-state index contributed by atoms with van der Waals surface area (Å²) in [6.45, 7) is 1.90. The van der Waals surface area contributed by atoms with E-state index in [0.29, 0.717) is 4.21 Å². The molecule has 0 unspecified atom stereocenters. The Balaban J connectivity index is 1.90. The highest BCUT2D eigenvalue weighted by atomic mass is 32.2. The summed E-state index contributed by atoms with van der Waals surface area (Å²) >= 11 is 1.24. The van der Waals surface area contributed by atoms with Gasteiger partial charge in [-0.1, -0.05) is 36.4 Å². The zero-order chi connectivity index (χ0) is 13.7. The number of aryl methyl sites for hydroxylation is 1. The zero-order valence-electron chi connectivity index (χ0n) is 10.7. The molecule has 1 aromatic heterocycles. The molecular formula is C14H17NO2S2. The van der Waals surface area contributed by atoms with E-state index in [1.54, 1.807) is 17.5 Å². The summed E-state index contributed by atoms with van der Waals surface area (Å²) in [7, 11) is -3.35. The summed E-state index contributed by atoms with van der Waals surface area (Å²) in [5.74, 6) is 0. The molecule has 0 fully saturated rings. The predicted octanol–water partition coefficient (Wildman–Crippen LogP) is 3.05. The Hall–Kier alpha value is -1.17. The molecular weight excluding hydrogens is 278 g/mol. The van der Waals surface area contributed by atoms with Gasteiger partial charge in [0.25, 0.3) is 0 Å². The summed E-state index contributed by atoms with van der Waals surface area (Å²) in [4.78, 5) is 0. The van der Waals surface area contributed by atoms with Crippen LogP contribution in [0.15, 0.2) is 52.1 Å². The maximum absolute atomic E-state index is 12.0. The smallest absolute Gasteiger partial charge is 0.208 e. The maximum atomic E-state index is 12.0. The second-order valence-electron chi connectivity index (χ2n) is 4.48. The fraction of sp³-hybridized carbons (Fsp3) is 0.286. The first-order valence-corrected chi connectivity index (χ1v) is 8.54. The van der Waals surface area contributed by atoms with Crippen molar-refractivity contribution in [3.63, 3.8) is 0 Å².